The van der Waals surface area contributed by atoms with E-state index >= 15 is 0 Å². The summed E-state index contributed by atoms with van der Waals surface area (Å²) in [6.45, 7) is 3.61. The van der Waals surface area contributed by atoms with E-state index in [0.717, 1.165) is 10.1 Å². The fourth-order valence-electron chi connectivity index (χ4n) is 3.53. The van der Waals surface area contributed by atoms with Crippen LogP contribution in [0.15, 0.2) is 52.1 Å². The van der Waals surface area contributed by atoms with Crippen molar-refractivity contribution in [2.24, 2.45) is 0 Å². The van der Waals surface area contributed by atoms with Gasteiger partial charge in [-0.15, -0.1) is 0 Å². The minimum Gasteiger partial charge on any atom is -0.378 e. The number of benzene rings is 2. The maximum atomic E-state index is 13.3. The number of hydrogen-bond acceptors (Lipinski definition) is 4. The number of para-hydroxylation sites is 1. The lowest BCUT2D eigenvalue weighted by atomic mass is 10.1. The van der Waals surface area contributed by atoms with Crippen LogP contribution in [0.3, 0.4) is 0 Å². The van der Waals surface area contributed by atoms with Crippen LogP contribution < -0.4 is 11.2 Å². The number of halogens is 1. The smallest absolute Gasteiger partial charge is 0.336 e. The van der Waals surface area contributed by atoms with Gasteiger partial charge in [0.1, 0.15) is 6.54 Å². The highest BCUT2D eigenvalue weighted by Gasteiger charge is 2.21. The third kappa shape index (κ3) is 3.59. The Morgan fingerprint density at radius 2 is 1.83 bits per heavy atom. The summed E-state index contributed by atoms with van der Waals surface area (Å²) in [5.74, 6) is -0.193. The van der Waals surface area contributed by atoms with Gasteiger partial charge in [-0.25, -0.2) is 9.36 Å². The number of amides is 1. The average Bonchev–Trinajstić information content (AvgIpc) is 2.73. The first-order chi connectivity index (χ1) is 14.0. The molecule has 29 heavy (non-hydrogen) atoms. The molecule has 8 heteroatoms. The lowest BCUT2D eigenvalue weighted by Crippen LogP contribution is -2.46. The zero-order chi connectivity index (χ0) is 20.5. The Labute approximate surface area is 171 Å². The normalized spacial score (nSPS) is 14.3. The number of rotatable bonds is 3. The molecule has 0 atom stereocenters. The third-order valence-corrected chi connectivity index (χ3v) is 5.37. The highest BCUT2D eigenvalue weighted by molar-refractivity contribution is 6.32. The molecule has 1 aliphatic heterocycles. The number of carbonyl (C=O) groups is 1. The molecule has 2 heterocycles. The van der Waals surface area contributed by atoms with Crippen LogP contribution in [0.5, 0.6) is 0 Å². The summed E-state index contributed by atoms with van der Waals surface area (Å²) in [4.78, 5) is 41.0. The van der Waals surface area contributed by atoms with Crippen molar-refractivity contribution < 1.29 is 9.53 Å². The molecular formula is C21H20ClN3O4. The van der Waals surface area contributed by atoms with Gasteiger partial charge >= 0.3 is 5.69 Å². The summed E-state index contributed by atoms with van der Waals surface area (Å²) < 4.78 is 7.67. The number of morpholine rings is 1. The van der Waals surface area contributed by atoms with Gasteiger partial charge in [-0.1, -0.05) is 35.4 Å². The average molecular weight is 414 g/mol. The van der Waals surface area contributed by atoms with E-state index in [4.69, 9.17) is 16.3 Å². The molecule has 1 aliphatic rings. The van der Waals surface area contributed by atoms with Crippen LogP contribution in [-0.4, -0.2) is 46.2 Å². The fourth-order valence-corrected chi connectivity index (χ4v) is 3.75. The Morgan fingerprint density at radius 3 is 2.55 bits per heavy atom. The zero-order valence-corrected chi connectivity index (χ0v) is 16.7. The number of nitrogens with zero attached hydrogens (tertiary/aromatic N) is 3. The van der Waals surface area contributed by atoms with Crippen molar-refractivity contribution >= 4 is 28.4 Å². The quantitative estimate of drug-likeness (QED) is 0.658. The number of fused-ring (bicyclic) bond motifs is 1. The van der Waals surface area contributed by atoms with Gasteiger partial charge in [-0.05, 0) is 31.2 Å². The summed E-state index contributed by atoms with van der Waals surface area (Å²) in [7, 11) is 0. The molecule has 0 unspecified atom stereocenters. The molecule has 1 saturated heterocycles. The lowest BCUT2D eigenvalue weighted by Gasteiger charge is -2.27. The molecule has 1 aromatic heterocycles. The van der Waals surface area contributed by atoms with E-state index in [1.165, 1.54) is 4.57 Å². The van der Waals surface area contributed by atoms with Gasteiger partial charge in [-0.2, -0.15) is 0 Å². The van der Waals surface area contributed by atoms with Crippen molar-refractivity contribution in [3.63, 3.8) is 0 Å². The molecule has 3 aromatic rings. The van der Waals surface area contributed by atoms with E-state index in [1.54, 1.807) is 41.3 Å². The number of aromatic nitrogens is 2. The molecule has 0 bridgehead atoms. The lowest BCUT2D eigenvalue weighted by molar-refractivity contribution is -0.135. The van der Waals surface area contributed by atoms with Gasteiger partial charge in [0.05, 0.1) is 34.8 Å². The zero-order valence-electron chi connectivity index (χ0n) is 15.9. The second kappa shape index (κ2) is 7.85. The Hall–Kier alpha value is -2.90. The van der Waals surface area contributed by atoms with Crippen LogP contribution in [-0.2, 0) is 16.1 Å². The Morgan fingerprint density at radius 1 is 1.10 bits per heavy atom. The van der Waals surface area contributed by atoms with E-state index in [9.17, 15) is 14.4 Å². The Bertz CT molecular complexity index is 1210. The largest absolute Gasteiger partial charge is 0.378 e. The maximum Gasteiger partial charge on any atom is 0.336 e. The van der Waals surface area contributed by atoms with E-state index in [-0.39, 0.29) is 17.5 Å². The third-order valence-electron chi connectivity index (χ3n) is 5.05. The first kappa shape index (κ1) is 19.4. The summed E-state index contributed by atoms with van der Waals surface area (Å²) in [6, 6.07) is 11.9. The second-order valence-electron chi connectivity index (χ2n) is 6.97. The SMILES string of the molecule is Cc1ccc2c(c1)c(=O)n(-c1ccccc1Cl)c(=O)n2CC(=O)N1CCOCC1. The fraction of sp³-hybridized carbons (Fsp3) is 0.286. The molecular weight excluding hydrogens is 394 g/mol. The molecule has 0 radical (unpaired) electrons. The maximum absolute atomic E-state index is 13.3. The molecule has 0 spiro atoms. The number of aryl methyl sites for hydroxylation is 1. The van der Waals surface area contributed by atoms with E-state index in [2.05, 4.69) is 0 Å². The Kier molecular flexibility index (Phi) is 5.25. The first-order valence-corrected chi connectivity index (χ1v) is 9.72. The number of ether oxygens (including phenoxy) is 1. The molecule has 0 aliphatic carbocycles. The summed E-state index contributed by atoms with van der Waals surface area (Å²) in [6.07, 6.45) is 0. The van der Waals surface area contributed by atoms with Gasteiger partial charge in [0.15, 0.2) is 0 Å². The van der Waals surface area contributed by atoms with Crippen molar-refractivity contribution in [3.8, 4) is 5.69 Å². The van der Waals surface area contributed by atoms with Crippen molar-refractivity contribution in [1.82, 2.24) is 14.0 Å². The van der Waals surface area contributed by atoms with Gasteiger partial charge in [0.2, 0.25) is 5.91 Å². The van der Waals surface area contributed by atoms with Gasteiger partial charge < -0.3 is 9.64 Å². The summed E-state index contributed by atoms with van der Waals surface area (Å²) in [5, 5.41) is 0.643. The first-order valence-electron chi connectivity index (χ1n) is 9.34. The molecule has 4 rings (SSSR count). The molecule has 2 aromatic carbocycles. The van der Waals surface area contributed by atoms with Crippen LogP contribution in [0.25, 0.3) is 16.6 Å². The molecule has 1 amide bonds. The van der Waals surface area contributed by atoms with Crippen molar-refractivity contribution in [2.75, 3.05) is 26.3 Å². The monoisotopic (exact) mass is 413 g/mol. The topological polar surface area (TPSA) is 73.5 Å². The predicted octanol–water partition coefficient (Wildman–Crippen LogP) is 1.97. The van der Waals surface area contributed by atoms with E-state index < -0.39 is 11.2 Å². The van der Waals surface area contributed by atoms with E-state index in [0.29, 0.717) is 42.9 Å². The predicted molar refractivity (Wildman–Crippen MR) is 111 cm³/mol. The molecule has 0 saturated carbocycles. The molecule has 0 N–H and O–H groups in total. The van der Waals surface area contributed by atoms with E-state index in [1.807, 2.05) is 13.0 Å². The number of hydrogen-bond donors (Lipinski definition) is 0. The highest BCUT2D eigenvalue weighted by Crippen LogP contribution is 2.19. The van der Waals surface area contributed by atoms with Crippen molar-refractivity contribution in [2.45, 2.75) is 13.5 Å². The van der Waals surface area contributed by atoms with Crippen LogP contribution in [0, 0.1) is 6.92 Å². The van der Waals surface area contributed by atoms with Crippen LogP contribution in [0.1, 0.15) is 5.56 Å². The molecule has 1 fully saturated rings. The number of carbonyl (C=O) groups excluding carboxylic acids is 1. The van der Waals surface area contributed by atoms with Crippen LogP contribution in [0.2, 0.25) is 5.02 Å². The van der Waals surface area contributed by atoms with Gasteiger partial charge in [-0.3, -0.25) is 14.2 Å². The Balaban J connectivity index is 1.93. The standard InChI is InChI=1S/C21H20ClN3O4/c1-14-6-7-17-15(12-14)20(27)25(18-5-3-2-4-16(18)22)21(28)24(17)13-19(26)23-8-10-29-11-9-23/h2-7,12H,8-11,13H2,1H3. The van der Waals surface area contributed by atoms with Crippen molar-refractivity contribution in [1.29, 1.82) is 0 Å². The highest BCUT2D eigenvalue weighted by atomic mass is 35.5. The van der Waals surface area contributed by atoms with Gasteiger partial charge in [0.25, 0.3) is 5.56 Å². The second-order valence-corrected chi connectivity index (χ2v) is 7.38. The van der Waals surface area contributed by atoms with Crippen LogP contribution in [0.4, 0.5) is 0 Å². The summed E-state index contributed by atoms with van der Waals surface area (Å²) in [5.41, 5.74) is 0.540. The van der Waals surface area contributed by atoms with Crippen molar-refractivity contribution in [3.05, 3.63) is 73.9 Å². The van der Waals surface area contributed by atoms with Crippen LogP contribution >= 0.6 is 11.6 Å². The summed E-state index contributed by atoms with van der Waals surface area (Å²) >= 11 is 6.27. The minimum absolute atomic E-state index is 0.164. The molecule has 7 nitrogen and oxygen atoms in total. The van der Waals surface area contributed by atoms with Gasteiger partial charge in [0, 0.05) is 13.1 Å². The minimum atomic E-state index is -0.596. The molecule has 150 valence electrons.